The third kappa shape index (κ3) is 8.45. The summed E-state index contributed by atoms with van der Waals surface area (Å²) in [5.74, 6) is 0. The number of amides is 2. The third-order valence-electron chi connectivity index (χ3n) is 3.95. The second-order valence-electron chi connectivity index (χ2n) is 9.52. The molecule has 1 fully saturated rings. The number of carbonyl (C=O) groups is 2. The number of likely N-dealkylation sites (tertiary alicyclic amines) is 1. The van der Waals surface area contributed by atoms with Crippen molar-refractivity contribution in [1.82, 2.24) is 10.2 Å². The molecule has 1 aliphatic rings. The van der Waals surface area contributed by atoms with E-state index in [2.05, 4.69) is 5.32 Å². The van der Waals surface area contributed by atoms with Crippen molar-refractivity contribution in [2.75, 3.05) is 6.54 Å². The van der Waals surface area contributed by atoms with Crippen molar-refractivity contribution in [3.05, 3.63) is 0 Å². The van der Waals surface area contributed by atoms with Crippen LogP contribution < -0.4 is 5.32 Å². The normalized spacial score (nSPS) is 18.9. The molecule has 0 bridgehead atoms. The number of hydrogen-bond donors (Lipinski definition) is 1. The second-order valence-corrected chi connectivity index (χ2v) is 9.52. The third-order valence-corrected chi connectivity index (χ3v) is 3.95. The minimum Gasteiger partial charge on any atom is -0.444 e. The molecule has 0 aromatic rings. The number of nitrogens with one attached hydrogen (secondary N) is 1. The summed E-state index contributed by atoms with van der Waals surface area (Å²) in [7, 11) is 0. The summed E-state index contributed by atoms with van der Waals surface area (Å²) < 4.78 is 10.8. The van der Waals surface area contributed by atoms with E-state index >= 15 is 0 Å². The smallest absolute Gasteiger partial charge is 0.410 e. The maximum absolute atomic E-state index is 12.3. The molecule has 1 rings (SSSR count). The van der Waals surface area contributed by atoms with Gasteiger partial charge in [-0.1, -0.05) is 0 Å². The van der Waals surface area contributed by atoms with E-state index in [9.17, 15) is 9.59 Å². The van der Waals surface area contributed by atoms with Crippen molar-refractivity contribution in [1.29, 1.82) is 0 Å². The van der Waals surface area contributed by atoms with Crippen LogP contribution in [-0.2, 0) is 9.47 Å². The van der Waals surface area contributed by atoms with Gasteiger partial charge in [-0.2, -0.15) is 0 Å². The highest BCUT2D eigenvalue weighted by Gasteiger charge is 2.34. The van der Waals surface area contributed by atoms with Crippen molar-refractivity contribution in [3.63, 3.8) is 0 Å². The highest BCUT2D eigenvalue weighted by molar-refractivity contribution is 5.69. The van der Waals surface area contributed by atoms with Gasteiger partial charge in [0.15, 0.2) is 0 Å². The first-order chi connectivity index (χ1) is 11.2. The Morgan fingerprint density at radius 3 is 2.08 bits per heavy atom. The Hall–Kier alpha value is -1.46. The van der Waals surface area contributed by atoms with E-state index in [1.807, 2.05) is 60.3 Å². The molecule has 0 aromatic heterocycles. The summed E-state index contributed by atoms with van der Waals surface area (Å²) in [5, 5.41) is 2.92. The molecule has 25 heavy (non-hydrogen) atoms. The highest BCUT2D eigenvalue weighted by atomic mass is 16.6. The Balaban J connectivity index is 2.54. The molecule has 1 saturated heterocycles. The molecule has 6 nitrogen and oxygen atoms in total. The topological polar surface area (TPSA) is 67.9 Å². The molecule has 1 N–H and O–H groups in total. The molecule has 1 unspecified atom stereocenters. The lowest BCUT2D eigenvalue weighted by atomic mass is 9.95. The van der Waals surface area contributed by atoms with Crippen molar-refractivity contribution < 1.29 is 19.1 Å². The van der Waals surface area contributed by atoms with E-state index in [1.54, 1.807) is 0 Å². The molecule has 1 heterocycles. The van der Waals surface area contributed by atoms with Gasteiger partial charge < -0.3 is 19.7 Å². The minimum atomic E-state index is -0.515. The van der Waals surface area contributed by atoms with E-state index in [0.29, 0.717) is 0 Å². The van der Waals surface area contributed by atoms with Crippen LogP contribution in [0.4, 0.5) is 9.59 Å². The van der Waals surface area contributed by atoms with E-state index < -0.39 is 22.8 Å². The van der Waals surface area contributed by atoms with E-state index in [4.69, 9.17) is 9.47 Å². The summed E-state index contributed by atoms with van der Waals surface area (Å²) in [5.41, 5.74) is -1.40. The second kappa shape index (κ2) is 7.83. The summed E-state index contributed by atoms with van der Waals surface area (Å²) in [6, 6.07) is 0.162. The Morgan fingerprint density at radius 1 is 1.00 bits per heavy atom. The van der Waals surface area contributed by atoms with E-state index in [0.717, 1.165) is 32.2 Å². The van der Waals surface area contributed by atoms with Crippen molar-refractivity contribution >= 4 is 12.2 Å². The molecule has 0 saturated carbocycles. The van der Waals surface area contributed by atoms with Gasteiger partial charge in [-0.3, -0.25) is 0 Å². The van der Waals surface area contributed by atoms with Crippen molar-refractivity contribution in [3.8, 4) is 0 Å². The average Bonchev–Trinajstić information content (AvgIpc) is 2.79. The predicted octanol–water partition coefficient (Wildman–Crippen LogP) is 4.47. The zero-order valence-electron chi connectivity index (χ0n) is 17.2. The summed E-state index contributed by atoms with van der Waals surface area (Å²) >= 11 is 0. The number of carbonyl (C=O) groups excluding carboxylic acids is 2. The van der Waals surface area contributed by atoms with Gasteiger partial charge in [0.25, 0.3) is 0 Å². The van der Waals surface area contributed by atoms with E-state index in [-0.39, 0.29) is 12.1 Å². The molecular formula is C19H36N2O4. The van der Waals surface area contributed by atoms with Crippen molar-refractivity contribution in [2.24, 2.45) is 0 Å². The first kappa shape index (κ1) is 21.6. The molecule has 0 aromatic carbocycles. The van der Waals surface area contributed by atoms with Gasteiger partial charge in [0.05, 0.1) is 0 Å². The van der Waals surface area contributed by atoms with Gasteiger partial charge in [0.2, 0.25) is 0 Å². The molecule has 0 radical (unpaired) electrons. The molecule has 1 aliphatic heterocycles. The predicted molar refractivity (Wildman–Crippen MR) is 98.6 cm³/mol. The Kier molecular flexibility index (Phi) is 6.76. The van der Waals surface area contributed by atoms with Crippen LogP contribution in [0.15, 0.2) is 0 Å². The van der Waals surface area contributed by atoms with Crippen LogP contribution in [0.5, 0.6) is 0 Å². The Bertz CT molecular complexity index is 475. The maximum atomic E-state index is 12.3. The fourth-order valence-electron chi connectivity index (χ4n) is 2.87. The number of nitrogens with zero attached hydrogens (tertiary/aromatic N) is 1. The summed E-state index contributed by atoms with van der Waals surface area (Å²) in [6.07, 6.45) is 2.89. The lowest BCUT2D eigenvalue weighted by Crippen LogP contribution is -2.47. The molecule has 146 valence electrons. The summed E-state index contributed by atoms with van der Waals surface area (Å²) in [6.45, 7) is 15.9. The lowest BCUT2D eigenvalue weighted by Gasteiger charge is -2.32. The zero-order valence-corrected chi connectivity index (χ0v) is 17.2. The van der Waals surface area contributed by atoms with Gasteiger partial charge in [-0.05, 0) is 81.1 Å². The molecule has 6 heteroatoms. The Labute approximate surface area is 152 Å². The van der Waals surface area contributed by atoms with Crippen LogP contribution in [0, 0.1) is 0 Å². The van der Waals surface area contributed by atoms with Crippen LogP contribution in [-0.4, -0.2) is 46.4 Å². The van der Waals surface area contributed by atoms with Gasteiger partial charge >= 0.3 is 12.2 Å². The quantitative estimate of drug-likeness (QED) is 0.807. The minimum absolute atomic E-state index is 0.162. The molecule has 0 aliphatic carbocycles. The van der Waals surface area contributed by atoms with Crippen molar-refractivity contribution in [2.45, 2.75) is 104 Å². The molecule has 2 amide bonds. The van der Waals surface area contributed by atoms with Gasteiger partial charge in [0, 0.05) is 18.1 Å². The average molecular weight is 357 g/mol. The maximum Gasteiger partial charge on any atom is 0.410 e. The fraction of sp³-hybridized carbons (Fsp3) is 0.895. The van der Waals surface area contributed by atoms with E-state index in [1.165, 1.54) is 0 Å². The highest BCUT2D eigenvalue weighted by Crippen LogP contribution is 2.26. The van der Waals surface area contributed by atoms with Gasteiger partial charge in [0.1, 0.15) is 11.2 Å². The molecular weight excluding hydrogens is 320 g/mol. The monoisotopic (exact) mass is 356 g/mol. The van der Waals surface area contributed by atoms with Crippen LogP contribution in [0.1, 0.15) is 81.1 Å². The number of rotatable bonds is 4. The first-order valence-electron chi connectivity index (χ1n) is 9.19. The van der Waals surface area contributed by atoms with Crippen LogP contribution in [0.2, 0.25) is 0 Å². The number of hydrogen-bond acceptors (Lipinski definition) is 4. The lowest BCUT2D eigenvalue weighted by molar-refractivity contribution is 0.0207. The first-order valence-corrected chi connectivity index (χ1v) is 9.19. The fourth-order valence-corrected chi connectivity index (χ4v) is 2.87. The zero-order chi connectivity index (χ0) is 19.5. The van der Waals surface area contributed by atoms with Gasteiger partial charge in [-0.25, -0.2) is 9.59 Å². The van der Waals surface area contributed by atoms with Crippen LogP contribution in [0.3, 0.4) is 0 Å². The molecule has 0 spiro atoms. The largest absolute Gasteiger partial charge is 0.444 e. The number of alkyl carbamates (subject to hydrolysis) is 1. The Morgan fingerprint density at radius 2 is 1.56 bits per heavy atom. The van der Waals surface area contributed by atoms with Crippen LogP contribution >= 0.6 is 0 Å². The van der Waals surface area contributed by atoms with Crippen LogP contribution in [0.25, 0.3) is 0 Å². The number of ether oxygens (including phenoxy) is 2. The summed E-state index contributed by atoms with van der Waals surface area (Å²) in [4.78, 5) is 26.2. The standard InChI is InChI=1S/C19H36N2O4/c1-17(2,3)24-15(22)20-19(7,8)12-11-14-10-9-13-21(14)16(23)25-18(4,5)6/h14H,9-13H2,1-8H3,(H,20,22). The molecule has 1 atom stereocenters. The van der Waals surface area contributed by atoms with Gasteiger partial charge in [-0.15, -0.1) is 0 Å². The SMILES string of the molecule is CC(C)(CCC1CCCN1C(=O)OC(C)(C)C)NC(=O)OC(C)(C)C.